The summed E-state index contributed by atoms with van der Waals surface area (Å²) in [4.78, 5) is 30.1. The second-order valence-electron chi connectivity index (χ2n) is 6.65. The molecule has 1 aliphatic carbocycles. The maximum atomic E-state index is 11.6. The van der Waals surface area contributed by atoms with Gasteiger partial charge in [-0.1, -0.05) is 0 Å². The highest BCUT2D eigenvalue weighted by molar-refractivity contribution is 5.97. The summed E-state index contributed by atoms with van der Waals surface area (Å²) >= 11 is 0. The fraction of sp³-hybridized carbons (Fsp3) is 0.389. The van der Waals surface area contributed by atoms with Gasteiger partial charge in [-0.2, -0.15) is 4.98 Å². The van der Waals surface area contributed by atoms with E-state index in [4.69, 9.17) is 20.2 Å². The van der Waals surface area contributed by atoms with Crippen LogP contribution in [0.5, 0.6) is 5.75 Å². The first-order chi connectivity index (χ1) is 13.6. The number of anilines is 4. The molecule has 1 aromatic carbocycles. The van der Waals surface area contributed by atoms with Crippen LogP contribution in [0.1, 0.15) is 23.2 Å². The van der Waals surface area contributed by atoms with Gasteiger partial charge in [-0.15, -0.1) is 0 Å². The smallest absolute Gasteiger partial charge is 0.254 e. The Morgan fingerprint density at radius 2 is 2.25 bits per heavy atom. The molecule has 1 unspecified atom stereocenters. The van der Waals surface area contributed by atoms with Gasteiger partial charge in [-0.05, 0) is 31.0 Å². The second-order valence-corrected chi connectivity index (χ2v) is 6.65. The molecular weight excluding hydrogens is 364 g/mol. The van der Waals surface area contributed by atoms with Crippen molar-refractivity contribution in [3.05, 3.63) is 30.0 Å². The largest absolute Gasteiger partial charge is 0.489 e. The van der Waals surface area contributed by atoms with Crippen LogP contribution >= 0.6 is 0 Å². The van der Waals surface area contributed by atoms with Crippen LogP contribution in [0.4, 0.5) is 23.1 Å². The molecule has 0 bridgehead atoms. The van der Waals surface area contributed by atoms with Crippen LogP contribution in [0, 0.1) is 0 Å². The van der Waals surface area contributed by atoms with E-state index < -0.39 is 5.91 Å². The first kappa shape index (κ1) is 18.3. The van der Waals surface area contributed by atoms with Crippen molar-refractivity contribution in [2.75, 3.05) is 36.2 Å². The predicted molar refractivity (Wildman–Crippen MR) is 103 cm³/mol. The molecule has 2 heterocycles. The Labute approximate surface area is 161 Å². The van der Waals surface area contributed by atoms with Crippen LogP contribution < -0.4 is 26.4 Å². The molecule has 0 spiro atoms. The van der Waals surface area contributed by atoms with E-state index in [0.717, 1.165) is 24.2 Å². The molecule has 10 nitrogen and oxygen atoms in total. The molecule has 1 amide bonds. The zero-order valence-corrected chi connectivity index (χ0v) is 15.4. The van der Waals surface area contributed by atoms with Crippen molar-refractivity contribution < 1.29 is 19.3 Å². The lowest BCUT2D eigenvalue weighted by molar-refractivity contribution is -0.304. The molecule has 1 fully saturated rings. The van der Waals surface area contributed by atoms with Gasteiger partial charge in [0, 0.05) is 24.5 Å². The number of rotatable bonds is 7. The number of aromatic nitrogens is 2. The van der Waals surface area contributed by atoms with E-state index in [0.29, 0.717) is 36.7 Å². The zero-order valence-electron chi connectivity index (χ0n) is 15.4. The summed E-state index contributed by atoms with van der Waals surface area (Å²) in [6.45, 7) is 0.929. The summed E-state index contributed by atoms with van der Waals surface area (Å²) in [5.41, 5.74) is 7.28. The quantitative estimate of drug-likeness (QED) is 0.414. The lowest BCUT2D eigenvalue weighted by Crippen LogP contribution is -2.26. The van der Waals surface area contributed by atoms with Gasteiger partial charge in [0.05, 0.1) is 18.4 Å². The van der Waals surface area contributed by atoms with E-state index in [9.17, 15) is 4.79 Å². The molecule has 28 heavy (non-hydrogen) atoms. The molecule has 0 radical (unpaired) electrons. The number of carbonyl (C=O) groups is 1. The van der Waals surface area contributed by atoms with Crippen molar-refractivity contribution in [3.63, 3.8) is 0 Å². The van der Waals surface area contributed by atoms with E-state index in [-0.39, 0.29) is 11.7 Å². The summed E-state index contributed by atoms with van der Waals surface area (Å²) in [7, 11) is 1.47. The monoisotopic (exact) mass is 386 g/mol. The maximum Gasteiger partial charge on any atom is 0.254 e. The van der Waals surface area contributed by atoms with E-state index in [1.165, 1.54) is 13.3 Å². The average Bonchev–Trinajstić information content (AvgIpc) is 3.50. The van der Waals surface area contributed by atoms with E-state index in [1.807, 2.05) is 18.2 Å². The first-order valence-corrected chi connectivity index (χ1v) is 9.03. The zero-order chi connectivity index (χ0) is 19.5. The number of fused-ring (bicyclic) bond motifs is 1. The van der Waals surface area contributed by atoms with Gasteiger partial charge >= 0.3 is 0 Å². The van der Waals surface area contributed by atoms with Crippen molar-refractivity contribution in [2.45, 2.75) is 25.0 Å². The lowest BCUT2D eigenvalue weighted by Gasteiger charge is -2.13. The number of nitrogens with two attached hydrogens (primary N) is 1. The first-order valence-electron chi connectivity index (χ1n) is 9.03. The molecule has 1 aliphatic heterocycles. The van der Waals surface area contributed by atoms with Gasteiger partial charge in [0.15, 0.2) is 0 Å². The Bertz CT molecular complexity index is 873. The van der Waals surface area contributed by atoms with Gasteiger partial charge in [-0.3, -0.25) is 4.79 Å². The number of amides is 1. The summed E-state index contributed by atoms with van der Waals surface area (Å²) in [5, 5.41) is 9.63. The Hall–Kier alpha value is -3.11. The van der Waals surface area contributed by atoms with Crippen molar-refractivity contribution in [1.82, 2.24) is 9.97 Å². The van der Waals surface area contributed by atoms with E-state index in [2.05, 4.69) is 25.9 Å². The third-order valence-corrected chi connectivity index (χ3v) is 4.39. The maximum absolute atomic E-state index is 11.6. The predicted octanol–water partition coefficient (Wildman–Crippen LogP) is 1.64. The number of benzene rings is 1. The average molecular weight is 386 g/mol. The molecular formula is C18H22N6O4. The number of carbonyl (C=O) groups excluding carboxylic acids is 1. The molecule has 2 aromatic rings. The van der Waals surface area contributed by atoms with Gasteiger partial charge in [0.2, 0.25) is 5.95 Å². The highest BCUT2D eigenvalue weighted by Gasteiger charge is 2.24. The molecule has 148 valence electrons. The number of ether oxygens (including phenoxy) is 1. The van der Waals surface area contributed by atoms with Gasteiger partial charge < -0.3 is 26.4 Å². The summed E-state index contributed by atoms with van der Waals surface area (Å²) < 4.78 is 5.74. The molecule has 0 saturated heterocycles. The van der Waals surface area contributed by atoms with Crippen LogP contribution in [-0.2, 0) is 9.78 Å². The van der Waals surface area contributed by atoms with E-state index in [1.54, 1.807) is 0 Å². The van der Waals surface area contributed by atoms with Gasteiger partial charge in [-0.25, -0.2) is 14.8 Å². The van der Waals surface area contributed by atoms with Crippen molar-refractivity contribution in [1.29, 1.82) is 0 Å². The van der Waals surface area contributed by atoms with Crippen molar-refractivity contribution in [3.8, 4) is 5.75 Å². The SMILES string of the molecule is COOC1CNc2cc(Nc3ncc(C(N)=O)c(NC4CC4)n3)ccc2OC1. The molecule has 5 N–H and O–H groups in total. The number of hydrogen-bond acceptors (Lipinski definition) is 9. The van der Waals surface area contributed by atoms with Crippen LogP contribution in [0.15, 0.2) is 24.4 Å². The van der Waals surface area contributed by atoms with Gasteiger partial charge in [0.1, 0.15) is 24.3 Å². The van der Waals surface area contributed by atoms with E-state index >= 15 is 0 Å². The fourth-order valence-corrected chi connectivity index (χ4v) is 2.82. The summed E-state index contributed by atoms with van der Waals surface area (Å²) in [5.74, 6) is 0.967. The number of nitrogens with zero attached hydrogens (tertiary/aromatic N) is 2. The Morgan fingerprint density at radius 3 is 3.00 bits per heavy atom. The Balaban J connectivity index is 1.51. The number of primary amides is 1. The van der Waals surface area contributed by atoms with Crippen molar-refractivity contribution in [2.24, 2.45) is 5.73 Å². The number of nitrogens with one attached hydrogen (secondary N) is 3. The second kappa shape index (κ2) is 7.87. The van der Waals surface area contributed by atoms with Crippen LogP contribution in [0.3, 0.4) is 0 Å². The van der Waals surface area contributed by atoms with Gasteiger partial charge in [0.25, 0.3) is 5.91 Å². The third-order valence-electron chi connectivity index (χ3n) is 4.39. The molecule has 4 rings (SSSR count). The Morgan fingerprint density at radius 1 is 1.39 bits per heavy atom. The van der Waals surface area contributed by atoms with Crippen molar-refractivity contribution >= 4 is 29.0 Å². The lowest BCUT2D eigenvalue weighted by atomic mass is 10.2. The van der Waals surface area contributed by atoms with Crippen LogP contribution in [0.25, 0.3) is 0 Å². The third kappa shape index (κ3) is 4.24. The molecule has 1 aromatic heterocycles. The minimum atomic E-state index is -0.561. The molecule has 1 saturated carbocycles. The molecule has 10 heteroatoms. The Kier molecular flexibility index (Phi) is 5.13. The standard InChI is InChI=1S/C18H22N6O4/c1-26-28-12-7-20-14-6-11(4-5-15(14)27-9-12)23-18-21-8-13(16(19)25)17(24-18)22-10-2-3-10/h4-6,8,10,12,20H,2-3,7,9H2,1H3,(H2,19,25)(H2,21,22,23,24). The normalized spacial score (nSPS) is 18.2. The number of hydrogen-bond donors (Lipinski definition) is 4. The highest BCUT2D eigenvalue weighted by atomic mass is 17.2. The minimum Gasteiger partial charge on any atom is -0.489 e. The molecule has 2 aliphatic rings. The van der Waals surface area contributed by atoms with Crippen LogP contribution in [-0.4, -0.2) is 48.3 Å². The topological polar surface area (TPSA) is 133 Å². The minimum absolute atomic E-state index is 0.213. The molecule has 1 atom stereocenters. The highest BCUT2D eigenvalue weighted by Crippen LogP contribution is 2.31. The summed E-state index contributed by atoms with van der Waals surface area (Å²) in [6, 6.07) is 5.93. The fourth-order valence-electron chi connectivity index (χ4n) is 2.82. The summed E-state index contributed by atoms with van der Waals surface area (Å²) in [6.07, 6.45) is 3.32. The van der Waals surface area contributed by atoms with Crippen LogP contribution in [0.2, 0.25) is 0 Å².